The highest BCUT2D eigenvalue weighted by molar-refractivity contribution is 6.09. The van der Waals surface area contributed by atoms with Crippen LogP contribution in [0.25, 0.3) is 0 Å². The van der Waals surface area contributed by atoms with Crippen molar-refractivity contribution in [3.63, 3.8) is 0 Å². The minimum atomic E-state index is -0.478. The van der Waals surface area contributed by atoms with Crippen LogP contribution in [0.2, 0.25) is 0 Å². The fourth-order valence-electron chi connectivity index (χ4n) is 2.87. The Labute approximate surface area is 159 Å². The van der Waals surface area contributed by atoms with Gasteiger partial charge in [0.15, 0.2) is 5.78 Å². The molecule has 0 aliphatic carbocycles. The summed E-state index contributed by atoms with van der Waals surface area (Å²) in [6.07, 6.45) is 0. The zero-order chi connectivity index (χ0) is 19.4. The lowest BCUT2D eigenvalue weighted by molar-refractivity contribution is -0.135. The number of ketones is 1. The van der Waals surface area contributed by atoms with Gasteiger partial charge in [0, 0.05) is 11.1 Å². The average Bonchev–Trinajstić information content (AvgIpc) is 2.71. The molecule has 3 aromatic rings. The summed E-state index contributed by atoms with van der Waals surface area (Å²) in [6.45, 7) is 5.70. The van der Waals surface area contributed by atoms with Crippen LogP contribution in [0.4, 0.5) is 0 Å². The van der Waals surface area contributed by atoms with E-state index < -0.39 is 5.92 Å². The van der Waals surface area contributed by atoms with Crippen molar-refractivity contribution >= 4 is 11.8 Å². The summed E-state index contributed by atoms with van der Waals surface area (Å²) in [7, 11) is 0. The Bertz CT molecular complexity index is 974. The summed E-state index contributed by atoms with van der Waals surface area (Å²) in [6, 6.07) is 21.9. The quantitative estimate of drug-likeness (QED) is 0.356. The summed E-state index contributed by atoms with van der Waals surface area (Å²) in [5, 5.41) is 0. The zero-order valence-corrected chi connectivity index (χ0v) is 15.7. The molecule has 0 saturated carbocycles. The first-order chi connectivity index (χ1) is 13.0. The van der Waals surface area contributed by atoms with Gasteiger partial charge in [-0.2, -0.15) is 0 Å². The van der Waals surface area contributed by atoms with Crippen molar-refractivity contribution < 1.29 is 14.3 Å². The van der Waals surface area contributed by atoms with Crippen molar-refractivity contribution in [2.75, 3.05) is 0 Å². The molecule has 1 atom stereocenters. The molecule has 0 radical (unpaired) electrons. The van der Waals surface area contributed by atoms with E-state index in [0.717, 1.165) is 16.7 Å². The van der Waals surface area contributed by atoms with Crippen LogP contribution in [0.3, 0.4) is 0 Å². The van der Waals surface area contributed by atoms with Crippen LogP contribution >= 0.6 is 0 Å². The van der Waals surface area contributed by atoms with Crippen LogP contribution in [-0.2, 0) is 4.79 Å². The normalized spacial score (nSPS) is 11.7. The predicted molar refractivity (Wildman–Crippen MR) is 106 cm³/mol. The van der Waals surface area contributed by atoms with Gasteiger partial charge in [-0.15, -0.1) is 0 Å². The van der Waals surface area contributed by atoms with Gasteiger partial charge in [0.05, 0.1) is 5.92 Å². The van der Waals surface area contributed by atoms with Gasteiger partial charge in [-0.3, -0.25) is 9.59 Å². The molecule has 0 saturated heterocycles. The number of ether oxygens (including phenoxy) is 1. The molecule has 3 rings (SSSR count). The van der Waals surface area contributed by atoms with Crippen LogP contribution < -0.4 is 4.74 Å². The average molecular weight is 358 g/mol. The van der Waals surface area contributed by atoms with E-state index in [0.29, 0.717) is 16.9 Å². The van der Waals surface area contributed by atoms with Crippen molar-refractivity contribution in [1.29, 1.82) is 0 Å². The van der Waals surface area contributed by atoms with Crippen LogP contribution in [0, 0.1) is 13.8 Å². The van der Waals surface area contributed by atoms with E-state index in [9.17, 15) is 9.59 Å². The van der Waals surface area contributed by atoms with E-state index in [1.807, 2.05) is 50.2 Å². The smallest absolute Gasteiger partial charge is 0.318 e. The minimum absolute atomic E-state index is 0.0625. The summed E-state index contributed by atoms with van der Waals surface area (Å²) in [4.78, 5) is 25.3. The second kappa shape index (κ2) is 8.00. The van der Waals surface area contributed by atoms with E-state index in [2.05, 4.69) is 0 Å². The zero-order valence-electron chi connectivity index (χ0n) is 15.7. The van der Waals surface area contributed by atoms with Crippen LogP contribution in [0.1, 0.15) is 45.5 Å². The molecule has 3 aromatic carbocycles. The molecular weight excluding hydrogens is 336 g/mol. The topological polar surface area (TPSA) is 43.4 Å². The van der Waals surface area contributed by atoms with Gasteiger partial charge >= 0.3 is 5.97 Å². The number of aryl methyl sites for hydroxylation is 1. The number of carbonyl (C=O) groups excluding carboxylic acids is 2. The molecule has 1 unspecified atom stereocenters. The molecule has 0 fully saturated rings. The van der Waals surface area contributed by atoms with Gasteiger partial charge in [-0.05, 0) is 49.6 Å². The molecule has 0 spiro atoms. The van der Waals surface area contributed by atoms with Gasteiger partial charge in [-0.25, -0.2) is 0 Å². The van der Waals surface area contributed by atoms with E-state index in [1.54, 1.807) is 43.3 Å². The monoisotopic (exact) mass is 358 g/mol. The Morgan fingerprint density at radius 2 is 1.48 bits per heavy atom. The molecular formula is C24H22O3. The van der Waals surface area contributed by atoms with Crippen LogP contribution in [0.5, 0.6) is 5.75 Å². The number of hydrogen-bond acceptors (Lipinski definition) is 3. The third-order valence-electron chi connectivity index (χ3n) is 4.80. The highest BCUT2D eigenvalue weighted by atomic mass is 16.5. The number of carbonyl (C=O) groups is 2. The highest BCUT2D eigenvalue weighted by Gasteiger charge is 2.20. The molecule has 0 aromatic heterocycles. The molecule has 0 aliphatic heterocycles. The third kappa shape index (κ3) is 4.14. The molecule has 0 amide bonds. The molecule has 0 heterocycles. The molecule has 0 bridgehead atoms. The second-order valence-electron chi connectivity index (χ2n) is 6.66. The number of rotatable bonds is 5. The lowest BCUT2D eigenvalue weighted by Crippen LogP contribution is -2.17. The molecule has 3 heteroatoms. The van der Waals surface area contributed by atoms with Crippen molar-refractivity contribution in [3.8, 4) is 5.75 Å². The fraction of sp³-hybridized carbons (Fsp3) is 0.167. The van der Waals surface area contributed by atoms with Gasteiger partial charge in [0.1, 0.15) is 5.75 Å². The summed E-state index contributed by atoms with van der Waals surface area (Å²) in [5.41, 5.74) is 3.96. The van der Waals surface area contributed by atoms with Gasteiger partial charge in [0.25, 0.3) is 0 Å². The van der Waals surface area contributed by atoms with E-state index in [1.165, 1.54) is 0 Å². The standard InChI is InChI=1S/C24H22O3/c1-16-9-7-14-22(17(16)2)27-24(26)18(3)20-12-8-13-21(15-20)23(25)19-10-5-4-6-11-19/h4-15,18H,1-3H3. The van der Waals surface area contributed by atoms with Crippen molar-refractivity contribution in [1.82, 2.24) is 0 Å². The first-order valence-electron chi connectivity index (χ1n) is 8.95. The van der Waals surface area contributed by atoms with E-state index in [-0.39, 0.29) is 11.8 Å². The summed E-state index contributed by atoms with van der Waals surface area (Å²) in [5.74, 6) is -0.308. The minimum Gasteiger partial charge on any atom is -0.426 e. The van der Waals surface area contributed by atoms with Gasteiger partial charge < -0.3 is 4.74 Å². The number of esters is 1. The lowest BCUT2D eigenvalue weighted by atomic mass is 9.96. The predicted octanol–water partition coefficient (Wildman–Crippen LogP) is 5.24. The Morgan fingerprint density at radius 1 is 0.815 bits per heavy atom. The molecule has 0 aliphatic rings. The Balaban J connectivity index is 1.81. The van der Waals surface area contributed by atoms with Crippen molar-refractivity contribution in [2.45, 2.75) is 26.7 Å². The molecule has 136 valence electrons. The van der Waals surface area contributed by atoms with E-state index >= 15 is 0 Å². The molecule has 0 N–H and O–H groups in total. The largest absolute Gasteiger partial charge is 0.426 e. The molecule has 27 heavy (non-hydrogen) atoms. The Morgan fingerprint density at radius 3 is 2.22 bits per heavy atom. The summed E-state index contributed by atoms with van der Waals surface area (Å²) >= 11 is 0. The highest BCUT2D eigenvalue weighted by Crippen LogP contribution is 2.25. The second-order valence-corrected chi connectivity index (χ2v) is 6.66. The SMILES string of the molecule is Cc1cccc(OC(=O)C(C)c2cccc(C(=O)c3ccccc3)c2)c1C. The maximum absolute atomic E-state index is 12.6. The number of benzene rings is 3. The Hall–Kier alpha value is -3.20. The van der Waals surface area contributed by atoms with Gasteiger partial charge in [-0.1, -0.05) is 60.7 Å². The van der Waals surface area contributed by atoms with E-state index in [4.69, 9.17) is 4.74 Å². The van der Waals surface area contributed by atoms with Crippen molar-refractivity contribution in [3.05, 3.63) is 101 Å². The Kier molecular flexibility index (Phi) is 5.51. The van der Waals surface area contributed by atoms with Crippen LogP contribution in [0.15, 0.2) is 72.8 Å². The lowest BCUT2D eigenvalue weighted by Gasteiger charge is -2.14. The maximum Gasteiger partial charge on any atom is 0.318 e. The summed E-state index contributed by atoms with van der Waals surface area (Å²) < 4.78 is 5.60. The third-order valence-corrected chi connectivity index (χ3v) is 4.80. The number of hydrogen-bond donors (Lipinski definition) is 0. The first kappa shape index (κ1) is 18.6. The fourth-order valence-corrected chi connectivity index (χ4v) is 2.87. The van der Waals surface area contributed by atoms with Gasteiger partial charge in [0.2, 0.25) is 0 Å². The van der Waals surface area contributed by atoms with Crippen molar-refractivity contribution in [2.24, 2.45) is 0 Å². The maximum atomic E-state index is 12.6. The molecule has 3 nitrogen and oxygen atoms in total. The van der Waals surface area contributed by atoms with Crippen LogP contribution in [-0.4, -0.2) is 11.8 Å². The first-order valence-corrected chi connectivity index (χ1v) is 8.95.